The van der Waals surface area contributed by atoms with Gasteiger partial charge in [0.1, 0.15) is 6.04 Å². The Morgan fingerprint density at radius 1 is 0.897 bits per heavy atom. The predicted molar refractivity (Wildman–Crippen MR) is 120 cm³/mol. The molecule has 3 aromatic carbocycles. The van der Waals surface area contributed by atoms with E-state index < -0.39 is 6.04 Å². The van der Waals surface area contributed by atoms with Crippen LogP contribution < -0.4 is 10.6 Å². The molecular weight excluding hydrogens is 428 g/mol. The molecule has 1 atom stereocenters. The average molecular weight is 451 g/mol. The fourth-order valence-corrected chi connectivity index (χ4v) is 3.54. The maximum atomic E-state index is 13.1. The molecular formula is C24H23BrN2O2. The van der Waals surface area contributed by atoms with Crippen LogP contribution in [0.1, 0.15) is 27.0 Å². The fraction of sp³-hybridized carbons (Fsp3) is 0.167. The van der Waals surface area contributed by atoms with Gasteiger partial charge in [-0.15, -0.1) is 0 Å². The largest absolute Gasteiger partial charge is 0.340 e. The van der Waals surface area contributed by atoms with Crippen molar-refractivity contribution < 1.29 is 9.59 Å². The Bertz CT molecular complexity index is 1000. The molecule has 0 aromatic heterocycles. The Kier molecular flexibility index (Phi) is 6.83. The lowest BCUT2D eigenvalue weighted by Gasteiger charge is -2.20. The molecule has 0 aliphatic carbocycles. The molecule has 3 rings (SSSR count). The lowest BCUT2D eigenvalue weighted by molar-refractivity contribution is -0.118. The number of rotatable bonds is 6. The van der Waals surface area contributed by atoms with Crippen LogP contribution in [0.4, 0.5) is 5.69 Å². The minimum Gasteiger partial charge on any atom is -0.340 e. The van der Waals surface area contributed by atoms with Crippen LogP contribution in [-0.2, 0) is 11.2 Å². The van der Waals surface area contributed by atoms with Gasteiger partial charge in [-0.25, -0.2) is 0 Å². The van der Waals surface area contributed by atoms with Gasteiger partial charge < -0.3 is 10.6 Å². The number of carbonyl (C=O) groups excluding carboxylic acids is 2. The molecule has 0 heterocycles. The van der Waals surface area contributed by atoms with Crippen molar-refractivity contribution in [1.82, 2.24) is 5.32 Å². The first-order chi connectivity index (χ1) is 13.9. The zero-order valence-electron chi connectivity index (χ0n) is 16.4. The van der Waals surface area contributed by atoms with Gasteiger partial charge in [-0.3, -0.25) is 9.59 Å². The second-order valence-corrected chi connectivity index (χ2v) is 7.84. The van der Waals surface area contributed by atoms with Gasteiger partial charge in [-0.1, -0.05) is 48.5 Å². The van der Waals surface area contributed by atoms with Gasteiger partial charge in [0.05, 0.1) is 5.69 Å². The predicted octanol–water partition coefficient (Wildman–Crippen LogP) is 5.05. The highest BCUT2D eigenvalue weighted by molar-refractivity contribution is 9.10. The summed E-state index contributed by atoms with van der Waals surface area (Å²) < 4.78 is 0.807. The Morgan fingerprint density at radius 2 is 1.48 bits per heavy atom. The van der Waals surface area contributed by atoms with E-state index in [4.69, 9.17) is 0 Å². The van der Waals surface area contributed by atoms with Crippen molar-refractivity contribution in [2.24, 2.45) is 0 Å². The standard InChI is InChI=1S/C24H23BrN2O2/c1-16-13-20(25)21(14-17(16)2)26-24(29)22(15-18-9-5-3-6-10-18)27-23(28)19-11-7-4-8-12-19/h3-14,22H,15H2,1-2H3,(H,26,29)(H,27,28)/t22-/m1/s1. The molecule has 148 valence electrons. The molecule has 4 nitrogen and oxygen atoms in total. The second-order valence-electron chi connectivity index (χ2n) is 6.99. The number of amides is 2. The van der Waals surface area contributed by atoms with E-state index in [-0.39, 0.29) is 11.8 Å². The summed E-state index contributed by atoms with van der Waals surface area (Å²) in [6, 6.07) is 21.7. The summed E-state index contributed by atoms with van der Waals surface area (Å²) in [5, 5.41) is 5.84. The van der Waals surface area contributed by atoms with Crippen LogP contribution in [0.3, 0.4) is 0 Å². The Hall–Kier alpha value is -2.92. The van der Waals surface area contributed by atoms with Crippen molar-refractivity contribution in [1.29, 1.82) is 0 Å². The van der Waals surface area contributed by atoms with Crippen molar-refractivity contribution in [2.45, 2.75) is 26.3 Å². The topological polar surface area (TPSA) is 58.2 Å². The number of aryl methyl sites for hydroxylation is 2. The lowest BCUT2D eigenvalue weighted by Crippen LogP contribution is -2.45. The lowest BCUT2D eigenvalue weighted by atomic mass is 10.0. The molecule has 0 fully saturated rings. The number of benzene rings is 3. The summed E-state index contributed by atoms with van der Waals surface area (Å²) in [6.07, 6.45) is 0.397. The van der Waals surface area contributed by atoms with Gasteiger partial charge in [-0.05, 0) is 70.7 Å². The monoisotopic (exact) mass is 450 g/mol. The SMILES string of the molecule is Cc1cc(Br)c(NC(=O)[C@@H](Cc2ccccc2)NC(=O)c2ccccc2)cc1C. The van der Waals surface area contributed by atoms with Crippen LogP contribution in [0, 0.1) is 13.8 Å². The van der Waals surface area contributed by atoms with E-state index >= 15 is 0 Å². The first kappa shape index (κ1) is 20.8. The maximum Gasteiger partial charge on any atom is 0.251 e. The van der Waals surface area contributed by atoms with E-state index in [9.17, 15) is 9.59 Å². The summed E-state index contributed by atoms with van der Waals surface area (Å²) in [5.41, 5.74) is 4.39. The molecule has 0 bridgehead atoms. The third-order valence-corrected chi connectivity index (χ3v) is 5.44. The molecule has 2 amide bonds. The summed E-state index contributed by atoms with van der Waals surface area (Å²) in [4.78, 5) is 25.8. The Labute approximate surface area is 179 Å². The van der Waals surface area contributed by atoms with Crippen LogP contribution in [0.15, 0.2) is 77.3 Å². The first-order valence-corrected chi connectivity index (χ1v) is 10.2. The van der Waals surface area contributed by atoms with Crippen molar-refractivity contribution in [3.8, 4) is 0 Å². The molecule has 0 radical (unpaired) electrons. The van der Waals surface area contributed by atoms with Crippen LogP contribution in [0.2, 0.25) is 0 Å². The van der Waals surface area contributed by atoms with Gasteiger partial charge in [0.15, 0.2) is 0 Å². The normalized spacial score (nSPS) is 11.6. The highest BCUT2D eigenvalue weighted by Crippen LogP contribution is 2.26. The van der Waals surface area contributed by atoms with Gasteiger partial charge >= 0.3 is 0 Å². The summed E-state index contributed by atoms with van der Waals surface area (Å²) in [6.45, 7) is 4.01. The zero-order chi connectivity index (χ0) is 20.8. The molecule has 0 unspecified atom stereocenters. The number of nitrogens with one attached hydrogen (secondary N) is 2. The second kappa shape index (κ2) is 9.52. The van der Waals surface area contributed by atoms with Gasteiger partial charge in [0, 0.05) is 16.5 Å². The molecule has 0 aliphatic heterocycles. The number of hydrogen-bond donors (Lipinski definition) is 2. The van der Waals surface area contributed by atoms with Crippen LogP contribution >= 0.6 is 15.9 Å². The Morgan fingerprint density at radius 3 is 2.14 bits per heavy atom. The fourth-order valence-electron chi connectivity index (χ4n) is 2.99. The molecule has 3 aromatic rings. The number of anilines is 1. The zero-order valence-corrected chi connectivity index (χ0v) is 18.0. The van der Waals surface area contributed by atoms with Gasteiger partial charge in [0.25, 0.3) is 5.91 Å². The molecule has 5 heteroatoms. The van der Waals surface area contributed by atoms with E-state index in [2.05, 4.69) is 26.6 Å². The van der Waals surface area contributed by atoms with E-state index in [1.54, 1.807) is 24.3 Å². The number of carbonyl (C=O) groups is 2. The summed E-state index contributed by atoms with van der Waals surface area (Å²) in [7, 11) is 0. The minimum atomic E-state index is -0.710. The maximum absolute atomic E-state index is 13.1. The third-order valence-electron chi connectivity index (χ3n) is 4.78. The van der Waals surface area contributed by atoms with E-state index in [1.165, 1.54) is 0 Å². The molecule has 0 saturated heterocycles. The molecule has 2 N–H and O–H groups in total. The van der Waals surface area contributed by atoms with Crippen molar-refractivity contribution in [2.75, 3.05) is 5.32 Å². The number of halogens is 1. The number of hydrogen-bond acceptors (Lipinski definition) is 2. The van der Waals surface area contributed by atoms with Gasteiger partial charge in [0.2, 0.25) is 5.91 Å². The van der Waals surface area contributed by atoms with Crippen LogP contribution in [-0.4, -0.2) is 17.9 Å². The highest BCUT2D eigenvalue weighted by Gasteiger charge is 2.23. The smallest absolute Gasteiger partial charge is 0.251 e. The van der Waals surface area contributed by atoms with E-state index in [0.717, 1.165) is 21.2 Å². The van der Waals surface area contributed by atoms with E-state index in [1.807, 2.05) is 62.4 Å². The minimum absolute atomic E-state index is 0.262. The van der Waals surface area contributed by atoms with Crippen LogP contribution in [0.25, 0.3) is 0 Å². The van der Waals surface area contributed by atoms with Gasteiger partial charge in [-0.2, -0.15) is 0 Å². The van der Waals surface area contributed by atoms with Crippen molar-refractivity contribution in [3.63, 3.8) is 0 Å². The Balaban J connectivity index is 1.82. The summed E-state index contributed by atoms with van der Waals surface area (Å²) >= 11 is 3.51. The summed E-state index contributed by atoms with van der Waals surface area (Å²) in [5.74, 6) is -0.539. The molecule has 0 saturated carbocycles. The first-order valence-electron chi connectivity index (χ1n) is 9.41. The van der Waals surface area contributed by atoms with Crippen LogP contribution in [0.5, 0.6) is 0 Å². The molecule has 0 aliphatic rings. The van der Waals surface area contributed by atoms with Crippen molar-refractivity contribution in [3.05, 3.63) is 99.5 Å². The molecule has 0 spiro atoms. The highest BCUT2D eigenvalue weighted by atomic mass is 79.9. The third kappa shape index (κ3) is 5.55. The van der Waals surface area contributed by atoms with Crippen molar-refractivity contribution >= 4 is 33.4 Å². The van der Waals surface area contributed by atoms with E-state index in [0.29, 0.717) is 17.7 Å². The average Bonchev–Trinajstić information content (AvgIpc) is 2.72. The quantitative estimate of drug-likeness (QED) is 0.552. The molecule has 29 heavy (non-hydrogen) atoms.